The molecular formula is C17H17N3O3. The van der Waals surface area contributed by atoms with Crippen molar-refractivity contribution in [3.63, 3.8) is 0 Å². The number of nitrogens with one attached hydrogen (secondary N) is 1. The average molecular weight is 311 g/mol. The number of amides is 2. The average Bonchev–Trinajstić information content (AvgIpc) is 3.19. The van der Waals surface area contributed by atoms with Gasteiger partial charge in [-0.2, -0.15) is 0 Å². The Balaban J connectivity index is 1.74. The third-order valence-corrected chi connectivity index (χ3v) is 3.29. The van der Waals surface area contributed by atoms with Crippen LogP contribution in [-0.4, -0.2) is 16.1 Å². The third-order valence-electron chi connectivity index (χ3n) is 3.29. The number of carbonyl (C=O) groups is 1. The Kier molecular flexibility index (Phi) is 4.42. The highest BCUT2D eigenvalue weighted by Gasteiger charge is 2.17. The lowest BCUT2D eigenvalue weighted by Crippen LogP contribution is -2.34. The fourth-order valence-corrected chi connectivity index (χ4v) is 2.21. The summed E-state index contributed by atoms with van der Waals surface area (Å²) in [5, 5.41) is 6.52. The quantitative estimate of drug-likeness (QED) is 0.777. The summed E-state index contributed by atoms with van der Waals surface area (Å²) in [5.74, 6) is 1.75. The maximum Gasteiger partial charge on any atom is 0.323 e. The number of anilines is 1. The number of hydrogen-bond acceptors (Lipinski definition) is 4. The van der Waals surface area contributed by atoms with Crippen LogP contribution in [0, 0.1) is 6.92 Å². The standard InChI is InChI=1S/C17H17N3O3/c1-13-10-16(19-23-13)18-17(21)20(12-15-8-5-9-22-15)11-14-6-3-2-4-7-14/h2-10H,11-12H2,1H3,(H,18,19,21). The summed E-state index contributed by atoms with van der Waals surface area (Å²) in [6, 6.07) is 14.8. The highest BCUT2D eigenvalue weighted by molar-refractivity contribution is 5.88. The zero-order chi connectivity index (χ0) is 16.1. The SMILES string of the molecule is Cc1cc(NC(=O)N(Cc2ccccc2)Cc2ccco2)no1. The minimum absolute atomic E-state index is 0.265. The third kappa shape index (κ3) is 4.00. The molecule has 0 saturated heterocycles. The molecule has 0 atom stereocenters. The van der Waals surface area contributed by atoms with Crippen LogP contribution in [0.5, 0.6) is 0 Å². The van der Waals surface area contributed by atoms with Crippen LogP contribution in [0.4, 0.5) is 10.6 Å². The molecule has 2 amide bonds. The number of urea groups is 1. The summed E-state index contributed by atoms with van der Waals surface area (Å²) in [6.45, 7) is 2.60. The molecule has 118 valence electrons. The Morgan fingerprint density at radius 2 is 2.00 bits per heavy atom. The van der Waals surface area contributed by atoms with Crippen molar-refractivity contribution >= 4 is 11.8 Å². The van der Waals surface area contributed by atoms with Gasteiger partial charge in [0.05, 0.1) is 12.8 Å². The zero-order valence-electron chi connectivity index (χ0n) is 12.7. The number of aryl methyl sites for hydroxylation is 1. The molecule has 2 heterocycles. The molecule has 0 spiro atoms. The number of furan rings is 1. The van der Waals surface area contributed by atoms with Gasteiger partial charge in [-0.05, 0) is 24.6 Å². The molecule has 6 heteroatoms. The minimum atomic E-state index is -0.265. The van der Waals surface area contributed by atoms with Gasteiger partial charge < -0.3 is 13.8 Å². The van der Waals surface area contributed by atoms with Gasteiger partial charge >= 0.3 is 6.03 Å². The Hall–Kier alpha value is -3.02. The molecule has 6 nitrogen and oxygen atoms in total. The Morgan fingerprint density at radius 3 is 2.65 bits per heavy atom. The van der Waals surface area contributed by atoms with Crippen LogP contribution in [-0.2, 0) is 13.1 Å². The van der Waals surface area contributed by atoms with E-state index in [0.717, 1.165) is 5.56 Å². The smallest absolute Gasteiger partial charge is 0.323 e. The lowest BCUT2D eigenvalue weighted by molar-refractivity contribution is 0.201. The maximum atomic E-state index is 12.5. The molecule has 0 saturated carbocycles. The van der Waals surface area contributed by atoms with E-state index in [1.165, 1.54) is 0 Å². The lowest BCUT2D eigenvalue weighted by atomic mass is 10.2. The number of benzene rings is 1. The van der Waals surface area contributed by atoms with Gasteiger partial charge in [-0.1, -0.05) is 35.5 Å². The van der Waals surface area contributed by atoms with E-state index >= 15 is 0 Å². The summed E-state index contributed by atoms with van der Waals surface area (Å²) in [4.78, 5) is 14.2. The van der Waals surface area contributed by atoms with Gasteiger partial charge in [0.25, 0.3) is 0 Å². The van der Waals surface area contributed by atoms with Crippen molar-refractivity contribution in [1.29, 1.82) is 0 Å². The Labute approximate surface area is 133 Å². The summed E-state index contributed by atoms with van der Waals surface area (Å²) in [7, 11) is 0. The van der Waals surface area contributed by atoms with Crippen molar-refractivity contribution in [1.82, 2.24) is 10.1 Å². The van der Waals surface area contributed by atoms with E-state index in [4.69, 9.17) is 8.94 Å². The van der Waals surface area contributed by atoms with Crippen molar-refractivity contribution in [2.75, 3.05) is 5.32 Å². The van der Waals surface area contributed by atoms with Crippen LogP contribution in [0.15, 0.2) is 63.7 Å². The first-order chi connectivity index (χ1) is 11.2. The van der Waals surface area contributed by atoms with E-state index in [0.29, 0.717) is 30.4 Å². The van der Waals surface area contributed by atoms with Gasteiger partial charge in [-0.3, -0.25) is 5.32 Å². The first-order valence-electron chi connectivity index (χ1n) is 7.26. The highest BCUT2D eigenvalue weighted by atomic mass is 16.5. The van der Waals surface area contributed by atoms with Crippen LogP contribution in [0.25, 0.3) is 0 Å². The summed E-state index contributed by atoms with van der Waals surface area (Å²) in [6.07, 6.45) is 1.59. The molecule has 23 heavy (non-hydrogen) atoms. The first kappa shape index (κ1) is 14.9. The van der Waals surface area contributed by atoms with Crippen LogP contribution >= 0.6 is 0 Å². The fraction of sp³-hybridized carbons (Fsp3) is 0.176. The van der Waals surface area contributed by atoms with Gasteiger partial charge in [0.15, 0.2) is 5.82 Å². The van der Waals surface area contributed by atoms with E-state index in [1.807, 2.05) is 36.4 Å². The summed E-state index contributed by atoms with van der Waals surface area (Å²) in [5.41, 5.74) is 1.03. The number of hydrogen-bond donors (Lipinski definition) is 1. The van der Waals surface area contributed by atoms with Gasteiger partial charge in [-0.15, -0.1) is 0 Å². The van der Waals surface area contributed by atoms with E-state index in [-0.39, 0.29) is 6.03 Å². The lowest BCUT2D eigenvalue weighted by Gasteiger charge is -2.21. The molecule has 3 rings (SSSR count). The topological polar surface area (TPSA) is 71.5 Å². The predicted octanol–water partition coefficient (Wildman–Crippen LogP) is 3.81. The predicted molar refractivity (Wildman–Crippen MR) is 84.7 cm³/mol. The van der Waals surface area contributed by atoms with E-state index in [2.05, 4.69) is 10.5 Å². The molecule has 0 fully saturated rings. The molecule has 3 aromatic rings. The van der Waals surface area contributed by atoms with Crippen molar-refractivity contribution in [2.24, 2.45) is 0 Å². The molecule has 1 N–H and O–H groups in total. The van der Waals surface area contributed by atoms with E-state index in [1.54, 1.807) is 30.2 Å². The molecule has 1 aromatic carbocycles. The monoisotopic (exact) mass is 311 g/mol. The van der Waals surface area contributed by atoms with E-state index in [9.17, 15) is 4.79 Å². The number of carbonyl (C=O) groups excluding carboxylic acids is 1. The van der Waals surface area contributed by atoms with Gasteiger partial charge in [0.1, 0.15) is 11.5 Å². The zero-order valence-corrected chi connectivity index (χ0v) is 12.7. The minimum Gasteiger partial charge on any atom is -0.467 e. The highest BCUT2D eigenvalue weighted by Crippen LogP contribution is 2.14. The van der Waals surface area contributed by atoms with E-state index < -0.39 is 0 Å². The normalized spacial score (nSPS) is 10.5. The van der Waals surface area contributed by atoms with Crippen molar-refractivity contribution in [3.8, 4) is 0 Å². The second-order valence-corrected chi connectivity index (χ2v) is 5.17. The molecular weight excluding hydrogens is 294 g/mol. The molecule has 0 bridgehead atoms. The molecule has 0 aliphatic rings. The number of rotatable bonds is 5. The first-order valence-corrected chi connectivity index (χ1v) is 7.26. The fourth-order valence-electron chi connectivity index (χ4n) is 2.21. The number of nitrogens with zero attached hydrogens (tertiary/aromatic N) is 2. The van der Waals surface area contributed by atoms with Gasteiger partial charge in [0.2, 0.25) is 0 Å². The van der Waals surface area contributed by atoms with Crippen LogP contribution < -0.4 is 5.32 Å². The Morgan fingerprint density at radius 1 is 1.17 bits per heavy atom. The van der Waals surface area contributed by atoms with Gasteiger partial charge in [0, 0.05) is 12.6 Å². The maximum absolute atomic E-state index is 12.5. The molecule has 0 aliphatic heterocycles. The van der Waals surface area contributed by atoms with Gasteiger partial charge in [-0.25, -0.2) is 4.79 Å². The molecule has 0 unspecified atom stereocenters. The van der Waals surface area contributed by atoms with Crippen molar-refractivity contribution in [2.45, 2.75) is 20.0 Å². The largest absolute Gasteiger partial charge is 0.467 e. The van der Waals surface area contributed by atoms with Crippen LogP contribution in [0.3, 0.4) is 0 Å². The van der Waals surface area contributed by atoms with Crippen LogP contribution in [0.1, 0.15) is 17.1 Å². The van der Waals surface area contributed by atoms with Crippen molar-refractivity contribution < 1.29 is 13.7 Å². The molecule has 0 radical (unpaired) electrons. The Bertz CT molecular complexity index is 751. The second kappa shape index (κ2) is 6.83. The summed E-state index contributed by atoms with van der Waals surface area (Å²) >= 11 is 0. The van der Waals surface area contributed by atoms with Crippen molar-refractivity contribution in [3.05, 3.63) is 71.9 Å². The van der Waals surface area contributed by atoms with Crippen LogP contribution in [0.2, 0.25) is 0 Å². The molecule has 0 aliphatic carbocycles. The second-order valence-electron chi connectivity index (χ2n) is 5.17. The number of aromatic nitrogens is 1. The molecule has 2 aromatic heterocycles. The summed E-state index contributed by atoms with van der Waals surface area (Å²) < 4.78 is 10.3.